The van der Waals surface area contributed by atoms with Crippen LogP contribution >= 0.6 is 11.8 Å². The SMILES string of the molecule is O=C(CCCSC(F)(F)F)C1CCCC1. The van der Waals surface area contributed by atoms with Crippen LogP contribution in [0.25, 0.3) is 0 Å². The van der Waals surface area contributed by atoms with Crippen LogP contribution in [0.2, 0.25) is 0 Å². The molecule has 1 saturated carbocycles. The molecule has 0 saturated heterocycles. The molecule has 1 aliphatic carbocycles. The lowest BCUT2D eigenvalue weighted by Crippen LogP contribution is -2.11. The van der Waals surface area contributed by atoms with Gasteiger partial charge in [0.1, 0.15) is 5.78 Å². The summed E-state index contributed by atoms with van der Waals surface area (Å²) >= 11 is -0.0341. The molecule has 88 valence electrons. The van der Waals surface area contributed by atoms with Crippen LogP contribution in [0.4, 0.5) is 13.2 Å². The van der Waals surface area contributed by atoms with E-state index in [4.69, 9.17) is 0 Å². The molecule has 0 N–H and O–H groups in total. The smallest absolute Gasteiger partial charge is 0.299 e. The molecule has 0 bridgehead atoms. The van der Waals surface area contributed by atoms with Crippen LogP contribution in [0.5, 0.6) is 0 Å². The third-order valence-corrected chi connectivity index (χ3v) is 3.46. The summed E-state index contributed by atoms with van der Waals surface area (Å²) in [5.74, 6) is 0.304. The molecule has 0 spiro atoms. The first-order chi connectivity index (χ1) is 6.99. The first-order valence-corrected chi connectivity index (χ1v) is 6.21. The van der Waals surface area contributed by atoms with E-state index < -0.39 is 5.51 Å². The van der Waals surface area contributed by atoms with Crippen molar-refractivity contribution in [2.75, 3.05) is 5.75 Å². The van der Waals surface area contributed by atoms with Crippen molar-refractivity contribution in [1.29, 1.82) is 0 Å². The molecule has 15 heavy (non-hydrogen) atoms. The van der Waals surface area contributed by atoms with E-state index in [9.17, 15) is 18.0 Å². The highest BCUT2D eigenvalue weighted by Crippen LogP contribution is 2.31. The lowest BCUT2D eigenvalue weighted by Gasteiger charge is -2.08. The van der Waals surface area contributed by atoms with Crippen LogP contribution in [0.15, 0.2) is 0 Å². The fraction of sp³-hybridized carbons (Fsp3) is 0.900. The normalized spacial score (nSPS) is 18.3. The third-order valence-electron chi connectivity index (χ3n) is 2.64. The summed E-state index contributed by atoms with van der Waals surface area (Å²) < 4.78 is 35.3. The predicted octanol–water partition coefficient (Wildman–Crippen LogP) is 3.78. The van der Waals surface area contributed by atoms with E-state index in [1.54, 1.807) is 0 Å². The molecule has 0 heterocycles. The highest BCUT2D eigenvalue weighted by molar-refractivity contribution is 8.00. The van der Waals surface area contributed by atoms with Crippen molar-refractivity contribution < 1.29 is 18.0 Å². The Hall–Kier alpha value is -0.190. The number of thioether (sulfide) groups is 1. The van der Waals surface area contributed by atoms with E-state index in [-0.39, 0.29) is 29.2 Å². The van der Waals surface area contributed by atoms with Crippen molar-refractivity contribution in [1.82, 2.24) is 0 Å². The average Bonchev–Trinajstić information content (AvgIpc) is 2.63. The molecule has 0 aromatic heterocycles. The van der Waals surface area contributed by atoms with Gasteiger partial charge in [-0.2, -0.15) is 13.2 Å². The fourth-order valence-corrected chi connectivity index (χ4v) is 2.41. The number of Topliss-reactive ketones (excluding diaryl/α,β-unsaturated/α-hetero) is 1. The number of hydrogen-bond acceptors (Lipinski definition) is 2. The van der Waals surface area contributed by atoms with Gasteiger partial charge in [-0.05, 0) is 19.3 Å². The summed E-state index contributed by atoms with van der Waals surface area (Å²) in [7, 11) is 0. The maximum Gasteiger partial charge on any atom is 0.441 e. The molecular weight excluding hydrogens is 225 g/mol. The molecule has 0 unspecified atom stereocenters. The monoisotopic (exact) mass is 240 g/mol. The average molecular weight is 240 g/mol. The molecule has 0 aromatic rings. The van der Waals surface area contributed by atoms with Crippen molar-refractivity contribution in [2.45, 2.75) is 44.0 Å². The lowest BCUT2D eigenvalue weighted by molar-refractivity contribution is -0.122. The molecule has 5 heteroatoms. The van der Waals surface area contributed by atoms with E-state index >= 15 is 0 Å². The minimum Gasteiger partial charge on any atom is -0.299 e. The first-order valence-electron chi connectivity index (χ1n) is 5.22. The Balaban J connectivity index is 2.07. The number of carbonyl (C=O) groups is 1. The number of rotatable bonds is 5. The van der Waals surface area contributed by atoms with Crippen molar-refractivity contribution in [3.05, 3.63) is 0 Å². The van der Waals surface area contributed by atoms with Gasteiger partial charge in [-0.1, -0.05) is 24.6 Å². The zero-order valence-electron chi connectivity index (χ0n) is 8.48. The van der Waals surface area contributed by atoms with Crippen LogP contribution in [0.3, 0.4) is 0 Å². The Morgan fingerprint density at radius 3 is 2.40 bits per heavy atom. The van der Waals surface area contributed by atoms with Gasteiger partial charge in [-0.15, -0.1) is 0 Å². The van der Waals surface area contributed by atoms with Gasteiger partial charge in [0.15, 0.2) is 0 Å². The maximum atomic E-state index is 11.8. The molecule has 0 aliphatic heterocycles. The van der Waals surface area contributed by atoms with Crippen molar-refractivity contribution in [2.24, 2.45) is 5.92 Å². The van der Waals surface area contributed by atoms with Crippen LogP contribution in [-0.2, 0) is 4.79 Å². The fourth-order valence-electron chi connectivity index (χ4n) is 1.89. The molecule has 0 amide bonds. The summed E-state index contributed by atoms with van der Waals surface area (Å²) in [6.45, 7) is 0. The van der Waals surface area contributed by atoms with Gasteiger partial charge in [-0.25, -0.2) is 0 Å². The highest BCUT2D eigenvalue weighted by Gasteiger charge is 2.28. The van der Waals surface area contributed by atoms with E-state index in [0.717, 1.165) is 25.7 Å². The van der Waals surface area contributed by atoms with Crippen LogP contribution in [0.1, 0.15) is 38.5 Å². The molecule has 0 radical (unpaired) electrons. The second-order valence-electron chi connectivity index (χ2n) is 3.85. The van der Waals surface area contributed by atoms with E-state index in [0.29, 0.717) is 12.8 Å². The van der Waals surface area contributed by atoms with Gasteiger partial charge in [0.2, 0.25) is 0 Å². The number of hydrogen-bond donors (Lipinski definition) is 0. The third kappa shape index (κ3) is 5.44. The van der Waals surface area contributed by atoms with Crippen LogP contribution < -0.4 is 0 Å². The standard InChI is InChI=1S/C10H15F3OS/c11-10(12,13)15-7-3-6-9(14)8-4-1-2-5-8/h8H,1-7H2. The predicted molar refractivity (Wildman–Crippen MR) is 54.7 cm³/mol. The van der Waals surface area contributed by atoms with Gasteiger partial charge < -0.3 is 0 Å². The van der Waals surface area contributed by atoms with Gasteiger partial charge in [-0.3, -0.25) is 4.79 Å². The van der Waals surface area contributed by atoms with E-state index in [1.165, 1.54) is 0 Å². The zero-order chi connectivity index (χ0) is 11.3. The summed E-state index contributed by atoms with van der Waals surface area (Å²) in [5, 5.41) is 0. The molecule has 1 rings (SSSR count). The Morgan fingerprint density at radius 1 is 1.27 bits per heavy atom. The van der Waals surface area contributed by atoms with Gasteiger partial charge in [0.25, 0.3) is 0 Å². The lowest BCUT2D eigenvalue weighted by atomic mass is 9.99. The summed E-state index contributed by atoms with van der Waals surface area (Å²) in [6, 6.07) is 0. The Labute approximate surface area is 91.8 Å². The maximum absolute atomic E-state index is 11.8. The molecule has 1 fully saturated rings. The minimum atomic E-state index is -4.16. The van der Waals surface area contributed by atoms with Gasteiger partial charge in [0.05, 0.1) is 0 Å². The Bertz CT molecular complexity index is 209. The molecule has 0 atom stereocenters. The number of alkyl halides is 3. The van der Waals surface area contributed by atoms with E-state index in [2.05, 4.69) is 0 Å². The summed E-state index contributed by atoms with van der Waals surface area (Å²) in [4.78, 5) is 11.5. The molecular formula is C10H15F3OS. The number of halogens is 3. The second kappa shape index (κ2) is 5.77. The van der Waals surface area contributed by atoms with Gasteiger partial charge in [0, 0.05) is 18.1 Å². The van der Waals surface area contributed by atoms with Crippen molar-refractivity contribution in [3.63, 3.8) is 0 Å². The van der Waals surface area contributed by atoms with Gasteiger partial charge >= 0.3 is 5.51 Å². The first kappa shape index (κ1) is 12.9. The topological polar surface area (TPSA) is 17.1 Å². The highest BCUT2D eigenvalue weighted by atomic mass is 32.2. The Morgan fingerprint density at radius 2 is 1.87 bits per heavy atom. The largest absolute Gasteiger partial charge is 0.441 e. The van der Waals surface area contributed by atoms with Crippen molar-refractivity contribution >= 4 is 17.5 Å². The summed E-state index contributed by atoms with van der Waals surface area (Å²) in [5.41, 5.74) is -4.16. The number of carbonyl (C=O) groups excluding carboxylic acids is 1. The molecule has 1 nitrogen and oxygen atoms in total. The van der Waals surface area contributed by atoms with E-state index in [1.807, 2.05) is 0 Å². The quantitative estimate of drug-likeness (QED) is 0.680. The second-order valence-corrected chi connectivity index (χ2v) is 5.01. The molecule has 0 aromatic carbocycles. The molecule has 1 aliphatic rings. The zero-order valence-corrected chi connectivity index (χ0v) is 9.29. The minimum absolute atomic E-state index is 0.00194. The van der Waals surface area contributed by atoms with Crippen LogP contribution in [0, 0.1) is 5.92 Å². The number of ketones is 1. The summed E-state index contributed by atoms with van der Waals surface area (Å²) in [6.07, 6.45) is 4.71. The Kier molecular flexibility index (Phi) is 4.96. The van der Waals surface area contributed by atoms with Crippen LogP contribution in [-0.4, -0.2) is 17.0 Å². The van der Waals surface area contributed by atoms with Crippen molar-refractivity contribution in [3.8, 4) is 0 Å².